The van der Waals surface area contributed by atoms with Gasteiger partial charge in [0.05, 0.1) is 16.3 Å². The van der Waals surface area contributed by atoms with E-state index >= 15 is 0 Å². The van der Waals surface area contributed by atoms with Gasteiger partial charge in [-0.2, -0.15) is 0 Å². The highest BCUT2D eigenvalue weighted by molar-refractivity contribution is 7.91. The van der Waals surface area contributed by atoms with Crippen LogP contribution in [0.3, 0.4) is 0 Å². The largest absolute Gasteiger partial charge is 0.398 e. The van der Waals surface area contributed by atoms with E-state index in [2.05, 4.69) is 0 Å². The molecule has 0 fully saturated rings. The van der Waals surface area contributed by atoms with Gasteiger partial charge in [0.25, 0.3) is 0 Å². The van der Waals surface area contributed by atoms with Crippen LogP contribution in [0.5, 0.6) is 0 Å². The molecule has 0 heterocycles. The van der Waals surface area contributed by atoms with Crippen molar-refractivity contribution in [1.82, 2.24) is 0 Å². The molecule has 0 radical (unpaired) electrons. The summed E-state index contributed by atoms with van der Waals surface area (Å²) >= 11 is 0. The van der Waals surface area contributed by atoms with Gasteiger partial charge in [0, 0.05) is 0 Å². The molecule has 0 saturated carbocycles. The van der Waals surface area contributed by atoms with Gasteiger partial charge in [-0.3, -0.25) is 0 Å². The van der Waals surface area contributed by atoms with Crippen molar-refractivity contribution in [3.8, 4) is 0 Å². The van der Waals surface area contributed by atoms with Crippen molar-refractivity contribution >= 4 is 15.5 Å². The first-order valence-corrected chi connectivity index (χ1v) is 7.30. The number of benzene rings is 1. The van der Waals surface area contributed by atoms with E-state index in [1.54, 1.807) is 0 Å². The van der Waals surface area contributed by atoms with Gasteiger partial charge in [-0.25, -0.2) is 12.8 Å². The smallest absolute Gasteiger partial charge is 0.180 e. The predicted octanol–water partition coefficient (Wildman–Crippen LogP) is 2.62. The molecule has 0 amide bonds. The zero-order valence-electron chi connectivity index (χ0n) is 10.1. The third kappa shape index (κ3) is 3.70. The summed E-state index contributed by atoms with van der Waals surface area (Å²) in [5.74, 6) is -0.525. The molecular weight excluding hydrogens is 241 g/mol. The Hall–Kier alpha value is -1.10. The third-order valence-corrected chi connectivity index (χ3v) is 4.63. The van der Waals surface area contributed by atoms with E-state index < -0.39 is 15.7 Å². The lowest BCUT2D eigenvalue weighted by Crippen LogP contribution is -2.15. The van der Waals surface area contributed by atoms with Crippen LogP contribution < -0.4 is 5.73 Å². The van der Waals surface area contributed by atoms with Crippen molar-refractivity contribution < 1.29 is 12.8 Å². The number of anilines is 1. The summed E-state index contributed by atoms with van der Waals surface area (Å²) < 4.78 is 37.1. The molecule has 96 valence electrons. The Bertz CT molecular complexity index is 485. The maximum Gasteiger partial charge on any atom is 0.180 e. The lowest BCUT2D eigenvalue weighted by atomic mass is 10.1. The summed E-state index contributed by atoms with van der Waals surface area (Å²) in [6.45, 7) is 3.87. The van der Waals surface area contributed by atoms with Gasteiger partial charge in [-0.1, -0.05) is 20.3 Å². The molecule has 17 heavy (non-hydrogen) atoms. The van der Waals surface area contributed by atoms with Gasteiger partial charge in [-0.15, -0.1) is 0 Å². The van der Waals surface area contributed by atoms with Crippen molar-refractivity contribution in [3.63, 3.8) is 0 Å². The molecule has 1 unspecified atom stereocenters. The van der Waals surface area contributed by atoms with Crippen LogP contribution in [0.25, 0.3) is 0 Å². The molecule has 1 atom stereocenters. The van der Waals surface area contributed by atoms with Gasteiger partial charge in [0.1, 0.15) is 5.82 Å². The van der Waals surface area contributed by atoms with E-state index in [1.807, 2.05) is 13.8 Å². The fourth-order valence-electron chi connectivity index (χ4n) is 1.82. The molecule has 3 nitrogen and oxygen atoms in total. The average molecular weight is 259 g/mol. The van der Waals surface area contributed by atoms with Crippen LogP contribution in [-0.2, 0) is 9.84 Å². The van der Waals surface area contributed by atoms with Crippen LogP contribution in [0.4, 0.5) is 10.1 Å². The second kappa shape index (κ2) is 5.49. The summed E-state index contributed by atoms with van der Waals surface area (Å²) in [6.07, 6.45) is 1.75. The van der Waals surface area contributed by atoms with Crippen LogP contribution >= 0.6 is 0 Å². The Kier molecular flexibility index (Phi) is 4.51. The van der Waals surface area contributed by atoms with Crippen LogP contribution in [0, 0.1) is 11.7 Å². The first-order valence-electron chi connectivity index (χ1n) is 5.64. The molecule has 2 N–H and O–H groups in total. The first kappa shape index (κ1) is 14.0. The molecule has 1 aromatic carbocycles. The second-order valence-corrected chi connectivity index (χ2v) is 6.36. The molecular formula is C12H18FNO2S. The first-order chi connectivity index (χ1) is 7.86. The zero-order valence-corrected chi connectivity index (χ0v) is 10.9. The fraction of sp³-hybridized carbons (Fsp3) is 0.500. The van der Waals surface area contributed by atoms with E-state index in [0.29, 0.717) is 0 Å². The van der Waals surface area contributed by atoms with Crippen molar-refractivity contribution in [3.05, 3.63) is 24.0 Å². The summed E-state index contributed by atoms with van der Waals surface area (Å²) in [6, 6.07) is 3.43. The molecule has 0 bridgehead atoms. The predicted molar refractivity (Wildman–Crippen MR) is 66.9 cm³/mol. The van der Waals surface area contributed by atoms with Gasteiger partial charge >= 0.3 is 0 Å². The van der Waals surface area contributed by atoms with Gasteiger partial charge in [0.2, 0.25) is 0 Å². The minimum absolute atomic E-state index is 0.00843. The maximum atomic E-state index is 13.0. The average Bonchev–Trinajstić information content (AvgIpc) is 2.21. The van der Waals surface area contributed by atoms with Crippen LogP contribution in [0.2, 0.25) is 0 Å². The third-order valence-electron chi connectivity index (χ3n) is 2.60. The number of rotatable bonds is 5. The summed E-state index contributed by atoms with van der Waals surface area (Å²) in [5, 5.41) is 0. The van der Waals surface area contributed by atoms with E-state index in [0.717, 1.165) is 25.0 Å². The molecule has 1 aromatic rings. The number of nitrogens with two attached hydrogens (primary N) is 1. The number of hydrogen-bond donors (Lipinski definition) is 1. The minimum Gasteiger partial charge on any atom is -0.398 e. The van der Waals surface area contributed by atoms with E-state index in [-0.39, 0.29) is 22.3 Å². The van der Waals surface area contributed by atoms with E-state index in [9.17, 15) is 12.8 Å². The molecule has 0 aliphatic rings. The van der Waals surface area contributed by atoms with Crippen LogP contribution in [-0.4, -0.2) is 14.2 Å². The zero-order chi connectivity index (χ0) is 13.1. The summed E-state index contributed by atoms with van der Waals surface area (Å²) in [4.78, 5) is -0.0968. The van der Waals surface area contributed by atoms with Crippen molar-refractivity contribution in [1.29, 1.82) is 0 Å². The Morgan fingerprint density at radius 1 is 1.41 bits per heavy atom. The summed E-state index contributed by atoms with van der Waals surface area (Å²) in [7, 11) is -3.50. The molecule has 0 spiro atoms. The number of nitrogen functional groups attached to an aromatic ring is 1. The topological polar surface area (TPSA) is 60.2 Å². The molecule has 5 heteroatoms. The minimum atomic E-state index is -3.50. The second-order valence-electron chi connectivity index (χ2n) is 4.36. The Morgan fingerprint density at radius 3 is 2.65 bits per heavy atom. The lowest BCUT2D eigenvalue weighted by Gasteiger charge is -2.12. The lowest BCUT2D eigenvalue weighted by molar-refractivity contribution is 0.544. The van der Waals surface area contributed by atoms with Crippen molar-refractivity contribution in [2.45, 2.75) is 31.6 Å². The Morgan fingerprint density at radius 2 is 2.06 bits per heavy atom. The highest BCUT2D eigenvalue weighted by atomic mass is 32.2. The van der Waals surface area contributed by atoms with Gasteiger partial charge in [-0.05, 0) is 30.5 Å². The monoisotopic (exact) mass is 259 g/mol. The number of halogens is 1. The van der Waals surface area contributed by atoms with E-state index in [1.165, 1.54) is 6.07 Å². The Labute approximate surface area is 102 Å². The molecule has 0 aliphatic heterocycles. The molecule has 1 rings (SSSR count). The molecule has 0 aliphatic carbocycles. The number of hydrogen-bond acceptors (Lipinski definition) is 3. The molecule has 0 saturated heterocycles. The van der Waals surface area contributed by atoms with E-state index in [4.69, 9.17) is 5.73 Å². The SMILES string of the molecule is CCCC(C)CS(=O)(=O)c1cc(F)ccc1N. The van der Waals surface area contributed by atoms with Gasteiger partial charge in [0.15, 0.2) is 9.84 Å². The normalized spacial score (nSPS) is 13.6. The van der Waals surface area contributed by atoms with Crippen LogP contribution in [0.1, 0.15) is 26.7 Å². The number of sulfone groups is 1. The van der Waals surface area contributed by atoms with Crippen molar-refractivity contribution in [2.75, 3.05) is 11.5 Å². The highest BCUT2D eigenvalue weighted by Crippen LogP contribution is 2.23. The Balaban J connectivity index is 3.01. The molecule has 0 aromatic heterocycles. The van der Waals surface area contributed by atoms with Crippen molar-refractivity contribution in [2.24, 2.45) is 5.92 Å². The van der Waals surface area contributed by atoms with Crippen LogP contribution in [0.15, 0.2) is 23.1 Å². The standard InChI is InChI=1S/C12H18FNO2S/c1-3-4-9(2)8-17(15,16)12-7-10(13)5-6-11(12)14/h5-7,9H,3-4,8,14H2,1-2H3. The fourth-order valence-corrected chi connectivity index (χ4v) is 3.63. The van der Waals surface area contributed by atoms with Gasteiger partial charge < -0.3 is 5.73 Å². The summed E-state index contributed by atoms with van der Waals surface area (Å²) in [5.41, 5.74) is 5.69. The quantitative estimate of drug-likeness (QED) is 0.827. The highest BCUT2D eigenvalue weighted by Gasteiger charge is 2.21. The maximum absolute atomic E-state index is 13.0.